The van der Waals surface area contributed by atoms with Gasteiger partial charge < -0.3 is 0 Å². The Labute approximate surface area is 111 Å². The zero-order chi connectivity index (χ0) is 11.5. The molecule has 1 heterocycles. The van der Waals surface area contributed by atoms with Gasteiger partial charge in [-0.25, -0.2) is 4.98 Å². The summed E-state index contributed by atoms with van der Waals surface area (Å²) in [5.74, 6) is 0. The number of halogens is 2. The molecule has 0 spiro atoms. The van der Waals surface area contributed by atoms with Crippen LogP contribution in [0.4, 0.5) is 0 Å². The first-order chi connectivity index (χ1) is 7.68. The minimum atomic E-state index is -0.107. The fourth-order valence-electron chi connectivity index (χ4n) is 1.35. The molecule has 0 unspecified atom stereocenters. The second-order valence-electron chi connectivity index (χ2n) is 3.25. The Bertz CT molecular complexity index is 554. The lowest BCUT2D eigenvalue weighted by atomic mass is 10.2. The number of rotatable bonds is 2. The van der Waals surface area contributed by atoms with Gasteiger partial charge >= 0.3 is 0 Å². The molecule has 3 nitrogen and oxygen atoms in total. The minimum Gasteiger partial charge on any atom is -0.278 e. The molecule has 0 radical (unpaired) electrons. The smallest absolute Gasteiger partial charge is 0.268 e. The van der Waals surface area contributed by atoms with Crippen LogP contribution in [0.2, 0.25) is 5.28 Å². The number of hydrogen-bond acceptors (Lipinski definition) is 2. The zero-order valence-electron chi connectivity index (χ0n) is 8.23. The van der Waals surface area contributed by atoms with E-state index in [-0.39, 0.29) is 10.8 Å². The van der Waals surface area contributed by atoms with E-state index in [1.54, 1.807) is 0 Å². The van der Waals surface area contributed by atoms with Crippen molar-refractivity contribution >= 4 is 34.2 Å². The van der Waals surface area contributed by atoms with E-state index < -0.39 is 0 Å². The van der Waals surface area contributed by atoms with Gasteiger partial charge in [-0.2, -0.15) is 0 Å². The average molecular weight is 347 g/mol. The van der Waals surface area contributed by atoms with Crippen molar-refractivity contribution in [1.29, 1.82) is 0 Å². The normalized spacial score (nSPS) is 10.4. The third-order valence-electron chi connectivity index (χ3n) is 2.14. The quantitative estimate of drug-likeness (QED) is 0.619. The van der Waals surface area contributed by atoms with E-state index in [2.05, 4.69) is 4.98 Å². The second-order valence-corrected chi connectivity index (χ2v) is 4.75. The first-order valence-electron chi connectivity index (χ1n) is 4.63. The summed E-state index contributed by atoms with van der Waals surface area (Å²) in [4.78, 5) is 15.8. The van der Waals surface area contributed by atoms with Gasteiger partial charge in [-0.05, 0) is 39.8 Å². The van der Waals surface area contributed by atoms with Crippen molar-refractivity contribution in [1.82, 2.24) is 9.55 Å². The summed E-state index contributed by atoms with van der Waals surface area (Å²) in [6.45, 7) is 0.447. The molecule has 2 aromatic rings. The van der Waals surface area contributed by atoms with Crippen molar-refractivity contribution in [3.8, 4) is 0 Å². The van der Waals surface area contributed by atoms with Crippen molar-refractivity contribution in [2.24, 2.45) is 0 Å². The Hall–Kier alpha value is -0.880. The molecule has 1 aromatic carbocycles. The standard InChI is InChI=1S/C11H8ClIN2O/c12-11-14-6-9(13)10(16)15(11)7-8-4-2-1-3-5-8/h1-6H,7H2. The molecule has 0 saturated heterocycles. The molecule has 1 aromatic heterocycles. The maximum absolute atomic E-state index is 11.8. The molecule has 2 rings (SSSR count). The fourth-order valence-corrected chi connectivity index (χ4v) is 1.97. The minimum absolute atomic E-state index is 0.107. The molecule has 16 heavy (non-hydrogen) atoms. The predicted molar refractivity (Wildman–Crippen MR) is 71.8 cm³/mol. The van der Waals surface area contributed by atoms with Crippen LogP contribution in [0.15, 0.2) is 41.3 Å². The van der Waals surface area contributed by atoms with Gasteiger partial charge in [0.2, 0.25) is 5.28 Å². The molecule has 5 heteroatoms. The van der Waals surface area contributed by atoms with Crippen LogP contribution in [-0.2, 0) is 6.54 Å². The van der Waals surface area contributed by atoms with Crippen molar-refractivity contribution in [2.45, 2.75) is 6.54 Å². The molecule has 0 aliphatic carbocycles. The first kappa shape index (κ1) is 11.6. The lowest BCUT2D eigenvalue weighted by molar-refractivity contribution is 0.731. The SMILES string of the molecule is O=c1c(I)cnc(Cl)n1Cc1ccccc1. The third kappa shape index (κ3) is 2.44. The summed E-state index contributed by atoms with van der Waals surface area (Å²) >= 11 is 7.85. The fraction of sp³-hybridized carbons (Fsp3) is 0.0909. The largest absolute Gasteiger partial charge is 0.278 e. The maximum atomic E-state index is 11.8. The van der Waals surface area contributed by atoms with Crippen LogP contribution in [0.25, 0.3) is 0 Å². The Kier molecular flexibility index (Phi) is 3.60. The van der Waals surface area contributed by atoms with E-state index >= 15 is 0 Å². The van der Waals surface area contributed by atoms with E-state index in [1.807, 2.05) is 52.9 Å². The van der Waals surface area contributed by atoms with Gasteiger partial charge in [0, 0.05) is 6.20 Å². The Balaban J connectivity index is 2.43. The van der Waals surface area contributed by atoms with Gasteiger partial charge in [0.15, 0.2) is 0 Å². The monoisotopic (exact) mass is 346 g/mol. The topological polar surface area (TPSA) is 34.9 Å². The van der Waals surface area contributed by atoms with E-state index in [9.17, 15) is 4.79 Å². The van der Waals surface area contributed by atoms with E-state index in [1.165, 1.54) is 10.8 Å². The van der Waals surface area contributed by atoms with E-state index in [4.69, 9.17) is 11.6 Å². The Morgan fingerprint density at radius 2 is 2.00 bits per heavy atom. The van der Waals surface area contributed by atoms with E-state index in [0.717, 1.165) is 5.56 Å². The van der Waals surface area contributed by atoms with Crippen molar-refractivity contribution in [3.63, 3.8) is 0 Å². The lowest BCUT2D eigenvalue weighted by Crippen LogP contribution is -2.24. The molecule has 0 aliphatic rings. The van der Waals surface area contributed by atoms with Gasteiger partial charge in [0.1, 0.15) is 0 Å². The summed E-state index contributed by atoms with van der Waals surface area (Å²) in [5.41, 5.74) is 0.916. The summed E-state index contributed by atoms with van der Waals surface area (Å²) < 4.78 is 2.02. The van der Waals surface area contributed by atoms with Crippen LogP contribution >= 0.6 is 34.2 Å². The molecular formula is C11H8ClIN2O. The third-order valence-corrected chi connectivity index (χ3v) is 3.18. The first-order valence-corrected chi connectivity index (χ1v) is 6.09. The summed E-state index contributed by atoms with van der Waals surface area (Å²) in [6.07, 6.45) is 1.48. The Morgan fingerprint density at radius 1 is 1.31 bits per heavy atom. The van der Waals surface area contributed by atoms with Crippen LogP contribution in [0.3, 0.4) is 0 Å². The van der Waals surface area contributed by atoms with Crippen LogP contribution < -0.4 is 5.56 Å². The van der Waals surface area contributed by atoms with E-state index in [0.29, 0.717) is 10.1 Å². The van der Waals surface area contributed by atoms with Crippen molar-refractivity contribution in [2.75, 3.05) is 0 Å². The predicted octanol–water partition coefficient (Wildman–Crippen LogP) is 2.55. The lowest BCUT2D eigenvalue weighted by Gasteiger charge is -2.07. The highest BCUT2D eigenvalue weighted by Gasteiger charge is 2.06. The van der Waals surface area contributed by atoms with Gasteiger partial charge in [-0.1, -0.05) is 30.3 Å². The molecule has 0 atom stereocenters. The average Bonchev–Trinajstić information content (AvgIpc) is 2.31. The summed E-state index contributed by atoms with van der Waals surface area (Å²) in [6, 6.07) is 9.68. The molecular weight excluding hydrogens is 338 g/mol. The second kappa shape index (κ2) is 4.97. The molecule has 0 N–H and O–H groups in total. The molecule has 0 amide bonds. The van der Waals surface area contributed by atoms with Crippen LogP contribution in [0, 0.1) is 3.57 Å². The number of nitrogens with zero attached hydrogens (tertiary/aromatic N) is 2. The van der Waals surface area contributed by atoms with Gasteiger partial charge in [0.05, 0.1) is 10.1 Å². The van der Waals surface area contributed by atoms with Crippen molar-refractivity contribution in [3.05, 3.63) is 61.3 Å². The highest BCUT2D eigenvalue weighted by atomic mass is 127. The molecule has 0 saturated carbocycles. The molecule has 82 valence electrons. The number of aromatic nitrogens is 2. The number of hydrogen-bond donors (Lipinski definition) is 0. The van der Waals surface area contributed by atoms with Crippen LogP contribution in [-0.4, -0.2) is 9.55 Å². The van der Waals surface area contributed by atoms with Gasteiger partial charge in [0.25, 0.3) is 5.56 Å². The highest BCUT2D eigenvalue weighted by Crippen LogP contribution is 2.07. The Morgan fingerprint density at radius 3 is 2.69 bits per heavy atom. The molecule has 0 fully saturated rings. The van der Waals surface area contributed by atoms with Crippen LogP contribution in [0.1, 0.15) is 5.56 Å². The summed E-state index contributed by atoms with van der Waals surface area (Å²) in [7, 11) is 0. The number of benzene rings is 1. The van der Waals surface area contributed by atoms with Gasteiger partial charge in [-0.15, -0.1) is 0 Å². The van der Waals surface area contributed by atoms with Gasteiger partial charge in [-0.3, -0.25) is 9.36 Å². The zero-order valence-corrected chi connectivity index (χ0v) is 11.1. The highest BCUT2D eigenvalue weighted by molar-refractivity contribution is 14.1. The van der Waals surface area contributed by atoms with Crippen LogP contribution in [0.5, 0.6) is 0 Å². The maximum Gasteiger partial charge on any atom is 0.268 e. The van der Waals surface area contributed by atoms with Crippen molar-refractivity contribution < 1.29 is 0 Å². The summed E-state index contributed by atoms with van der Waals surface area (Å²) in [5, 5.41) is 0.217. The molecule has 0 aliphatic heterocycles. The molecule has 0 bridgehead atoms.